The highest BCUT2D eigenvalue weighted by Gasteiger charge is 2.77. The molecule has 9 aliphatic carbocycles. The zero-order valence-corrected chi connectivity index (χ0v) is 52.9. The molecule has 6 heteroatoms. The van der Waals surface area contributed by atoms with Gasteiger partial charge in [-0.1, -0.05) is 186 Å². The van der Waals surface area contributed by atoms with Crippen molar-refractivity contribution in [1.29, 1.82) is 0 Å². The van der Waals surface area contributed by atoms with Gasteiger partial charge in [-0.15, -0.1) is 0 Å². The molecule has 9 aliphatic rings. The topological polar surface area (TPSA) is 107 Å². The van der Waals surface area contributed by atoms with E-state index >= 15 is 0 Å². The van der Waals surface area contributed by atoms with Crippen molar-refractivity contribution in [2.45, 2.75) is 188 Å². The number of carboxylic acid groups (broad SMARTS) is 1. The van der Waals surface area contributed by atoms with Crippen LogP contribution in [0.3, 0.4) is 0 Å². The Hall–Kier alpha value is -5.27. The zero-order chi connectivity index (χ0) is 59.9. The van der Waals surface area contributed by atoms with Crippen molar-refractivity contribution in [3.8, 4) is 16.9 Å². The van der Waals surface area contributed by atoms with Gasteiger partial charge in [0.2, 0.25) is 0 Å². The van der Waals surface area contributed by atoms with Gasteiger partial charge in [0.1, 0.15) is 5.75 Å². The fraction of sp³-hybridized carbons (Fsp3) is 0.562. The first kappa shape index (κ1) is 59.7. The number of allylic oxidation sites excluding steroid dienone is 7. The number of aliphatic hydroxyl groups is 2. The van der Waals surface area contributed by atoms with Gasteiger partial charge in [0.15, 0.2) is 0 Å². The predicted octanol–water partition coefficient (Wildman–Crippen LogP) is 16.3. The second kappa shape index (κ2) is 23.3. The Morgan fingerprint density at radius 2 is 1.55 bits per heavy atom. The number of aliphatic carboxylic acids is 1. The molecule has 4 aromatic carbocycles. The first-order chi connectivity index (χ1) is 41.4. The molecule has 12 atom stereocenters. The Morgan fingerprint density at radius 3 is 2.28 bits per heavy atom. The summed E-state index contributed by atoms with van der Waals surface area (Å²) in [5, 5.41) is 51.1. The number of rotatable bonds is 18. The largest absolute Gasteiger partial charge is 0.508 e. The summed E-state index contributed by atoms with van der Waals surface area (Å²) < 4.78 is 5.41. The molecule has 0 heterocycles. The van der Waals surface area contributed by atoms with E-state index in [0.29, 0.717) is 48.9 Å². The van der Waals surface area contributed by atoms with Crippen molar-refractivity contribution >= 4 is 17.6 Å². The van der Waals surface area contributed by atoms with Crippen LogP contribution in [0.1, 0.15) is 173 Å². The van der Waals surface area contributed by atoms with E-state index in [1.807, 2.05) is 12.1 Å². The number of aromatic hydroxyl groups is 1. The van der Waals surface area contributed by atoms with Gasteiger partial charge in [0.25, 0.3) is 0 Å². The van der Waals surface area contributed by atoms with Crippen LogP contribution in [0, 0.1) is 80.3 Å². The van der Waals surface area contributed by atoms with E-state index in [9.17, 15) is 25.2 Å². The fourth-order valence-electron chi connectivity index (χ4n) is 22.0. The number of benzene rings is 4. The molecule has 6 nitrogen and oxygen atoms in total. The number of ether oxygens (including phenoxy) is 1. The molecular formula is C80H100O6. The highest BCUT2D eigenvalue weighted by atomic mass is 16.5. The van der Waals surface area contributed by atoms with E-state index in [1.54, 1.807) is 36.0 Å². The number of hydrogen-bond donors (Lipinski definition) is 4. The minimum Gasteiger partial charge on any atom is -0.508 e. The number of aliphatic hydroxyl groups excluding tert-OH is 2. The van der Waals surface area contributed by atoms with E-state index < -0.39 is 40.3 Å². The maximum Gasteiger partial charge on any atom is 0.306 e. The first-order valence-electron chi connectivity index (χ1n) is 34.1. The Kier molecular flexibility index (Phi) is 16.1. The summed E-state index contributed by atoms with van der Waals surface area (Å²) in [4.78, 5) is 14.4. The molecule has 4 N–H and O–H groups in total. The van der Waals surface area contributed by atoms with Gasteiger partial charge in [-0.2, -0.15) is 0 Å². The minimum absolute atomic E-state index is 0.0745. The van der Waals surface area contributed by atoms with Crippen LogP contribution in [0.5, 0.6) is 5.75 Å². The van der Waals surface area contributed by atoms with Gasteiger partial charge in [0.05, 0.1) is 24.7 Å². The molecule has 2 bridgehead atoms. The molecule has 86 heavy (non-hydrogen) atoms. The van der Waals surface area contributed by atoms with Crippen molar-refractivity contribution in [2.24, 2.45) is 80.3 Å². The third kappa shape index (κ3) is 9.76. The zero-order valence-electron chi connectivity index (χ0n) is 52.9. The van der Waals surface area contributed by atoms with Crippen molar-refractivity contribution in [3.05, 3.63) is 171 Å². The molecule has 0 spiro atoms. The highest BCUT2D eigenvalue weighted by Crippen LogP contribution is 2.83. The summed E-state index contributed by atoms with van der Waals surface area (Å²) in [6.45, 7) is 17.6. The summed E-state index contributed by atoms with van der Waals surface area (Å²) in [6, 6.07) is 35.1. The standard InChI is InChI=1S/C80H100O6/c1-50(2)42-62-34-38-76(5)72(83)36-40-79-68-35-39-77(6)73(65(74(84)85)33-20-51(3)52(4)57-15-9-8-10-16-57)71(82)49-80(77,61-29-25-55(26-30-61)43-54-23-21-53(22-24-54)37-41-86-7)70(68)48-78(62,75(76)79)47-67-66(64-19-12-11-17-60(64)46-69(67)79)45-56-14-13-18-59(44-56)58-27-31-63(81)32-28-58/h11-14,17-19,21-24,27-28,31-32,34,44,46-47,50,52,55,57,61,65,69,71-73,75,81-83H,3,8-10,15-16,20,25-26,29-30,33,35-43,45,48-49H2,1-2,4-7H3,(H,84,85)/t52-,55?,61?,65-,69+,71-,72+,73+,75-,76-,77-,78-,79-,80-/m1/s1. The summed E-state index contributed by atoms with van der Waals surface area (Å²) in [7, 11) is 1.77. The number of carbonyl (C=O) groups is 1. The first-order valence-corrected chi connectivity index (χ1v) is 34.1. The number of phenols is 1. The normalized spacial score (nSPS) is 34.3. The van der Waals surface area contributed by atoms with E-state index in [1.165, 1.54) is 76.0 Å². The summed E-state index contributed by atoms with van der Waals surface area (Å²) in [5.74, 6) is 0.969. The molecule has 4 saturated carbocycles. The second-order valence-corrected chi connectivity index (χ2v) is 30.5. The fourth-order valence-corrected chi connectivity index (χ4v) is 22.0. The monoisotopic (exact) mass is 1160 g/mol. The Bertz CT molecular complexity index is 3440. The second-order valence-electron chi connectivity index (χ2n) is 30.5. The van der Waals surface area contributed by atoms with Crippen LogP contribution in [0.15, 0.2) is 144 Å². The SMILES string of the molecule is C=C(CC[C@@H](C(=O)O)[C@H]1[C@H](O)C[C@@]2(C3CCC(Cc4ccc(CCOC)cc4)CC3)C3=C(CC[C@]12C)[C@]12CC[C@H](O)[C@@]4(C)CC=C(CC(C)C)[C@@](C=C5C(Cc6cccc(-c7ccc(O)cc7)c6)=c6ccccc6=C[C@@H]51)(C3)[C@@H]42)[C@@H](C)C1CCCCC1. The Balaban J connectivity index is 0.970. The molecule has 0 radical (unpaired) electrons. The molecule has 0 amide bonds. The van der Waals surface area contributed by atoms with Crippen LogP contribution in [0.2, 0.25) is 0 Å². The van der Waals surface area contributed by atoms with Crippen LogP contribution in [-0.4, -0.2) is 52.3 Å². The molecular weight excluding hydrogens is 1060 g/mol. The molecule has 13 rings (SSSR count). The van der Waals surface area contributed by atoms with Crippen molar-refractivity contribution in [2.75, 3.05) is 13.7 Å². The minimum atomic E-state index is -0.745. The van der Waals surface area contributed by atoms with Crippen LogP contribution >= 0.6 is 0 Å². The number of carboxylic acids is 1. The number of hydrogen-bond acceptors (Lipinski definition) is 5. The number of phenolic OH excluding ortho intramolecular Hbond substituents is 1. The van der Waals surface area contributed by atoms with Crippen LogP contribution < -0.4 is 10.4 Å². The van der Waals surface area contributed by atoms with Gasteiger partial charge in [-0.25, -0.2) is 0 Å². The van der Waals surface area contributed by atoms with Gasteiger partial charge >= 0.3 is 5.97 Å². The molecule has 4 fully saturated rings. The van der Waals surface area contributed by atoms with Crippen LogP contribution in [-0.2, 0) is 28.8 Å². The van der Waals surface area contributed by atoms with E-state index in [0.717, 1.165) is 108 Å². The molecule has 0 saturated heterocycles. The van der Waals surface area contributed by atoms with Gasteiger partial charge in [0, 0.05) is 40.6 Å². The van der Waals surface area contributed by atoms with E-state index in [-0.39, 0.29) is 34.3 Å². The van der Waals surface area contributed by atoms with Crippen molar-refractivity contribution in [1.82, 2.24) is 0 Å². The van der Waals surface area contributed by atoms with Crippen LogP contribution in [0.4, 0.5) is 0 Å². The van der Waals surface area contributed by atoms with E-state index in [2.05, 4.69) is 126 Å². The quantitative estimate of drug-likeness (QED) is 0.0740. The lowest BCUT2D eigenvalue weighted by Crippen LogP contribution is -2.69. The van der Waals surface area contributed by atoms with Gasteiger partial charge in [-0.3, -0.25) is 4.79 Å². The van der Waals surface area contributed by atoms with E-state index in [4.69, 9.17) is 11.3 Å². The molecule has 456 valence electrons. The highest BCUT2D eigenvalue weighted by molar-refractivity contribution is 5.78. The lowest BCUT2D eigenvalue weighted by Gasteiger charge is -2.74. The van der Waals surface area contributed by atoms with Gasteiger partial charge in [-0.05, 0) is 224 Å². The molecule has 4 aromatic rings. The Labute approximate surface area is 514 Å². The summed E-state index contributed by atoms with van der Waals surface area (Å²) in [5.41, 5.74) is 13.2. The predicted molar refractivity (Wildman–Crippen MR) is 348 cm³/mol. The summed E-state index contributed by atoms with van der Waals surface area (Å²) in [6.07, 6.45) is 28.5. The Morgan fingerprint density at radius 1 is 0.802 bits per heavy atom. The van der Waals surface area contributed by atoms with Crippen molar-refractivity contribution < 1.29 is 30.0 Å². The molecule has 0 unspecified atom stereocenters. The van der Waals surface area contributed by atoms with Gasteiger partial charge < -0.3 is 25.2 Å². The third-order valence-corrected chi connectivity index (χ3v) is 25.8. The number of fused-ring (bicyclic) bond motifs is 4. The third-order valence-electron chi connectivity index (χ3n) is 25.8. The maximum absolute atomic E-state index is 14.4. The molecule has 0 aromatic heterocycles. The van der Waals surface area contributed by atoms with Crippen molar-refractivity contribution in [3.63, 3.8) is 0 Å². The van der Waals surface area contributed by atoms with Crippen LogP contribution in [0.25, 0.3) is 22.8 Å². The average Bonchev–Trinajstić information content (AvgIpc) is 0.930. The average molecular weight is 1160 g/mol. The summed E-state index contributed by atoms with van der Waals surface area (Å²) >= 11 is 0. The smallest absolute Gasteiger partial charge is 0.306 e. The lowest BCUT2D eigenvalue weighted by atomic mass is 9.29. The number of methoxy groups -OCH3 is 1. The maximum atomic E-state index is 14.4. The molecule has 0 aliphatic heterocycles. The lowest BCUT2D eigenvalue weighted by molar-refractivity contribution is -0.168.